The van der Waals surface area contributed by atoms with E-state index in [0.29, 0.717) is 0 Å². The number of hydrogen-bond donors (Lipinski definition) is 1. The van der Waals surface area contributed by atoms with Crippen LogP contribution in [0.2, 0.25) is 0 Å². The third-order valence-electron chi connectivity index (χ3n) is 2.76. The fraction of sp³-hybridized carbons (Fsp3) is 0.429. The Morgan fingerprint density at radius 1 is 1.47 bits per heavy atom. The highest BCUT2D eigenvalue weighted by Gasteiger charge is 2.23. The Hall–Kier alpha value is -1.08. The van der Waals surface area contributed by atoms with Gasteiger partial charge in [-0.1, -0.05) is 36.4 Å². The lowest BCUT2D eigenvalue weighted by molar-refractivity contribution is 0.740. The molecule has 0 saturated heterocycles. The maximum absolute atomic E-state index is 3.88. The largest absolute Gasteiger partial charge is 0.309 e. The summed E-state index contributed by atoms with van der Waals surface area (Å²) in [5.41, 5.74) is 4.10. The summed E-state index contributed by atoms with van der Waals surface area (Å²) < 4.78 is 0. The molecule has 1 aromatic rings. The highest BCUT2D eigenvalue weighted by Crippen LogP contribution is 2.40. The SMILES string of the molecule is C=C(C)CNCc1cccc(C2CC2)c1. The summed E-state index contributed by atoms with van der Waals surface area (Å²) in [4.78, 5) is 0. The van der Waals surface area contributed by atoms with Gasteiger partial charge in [0, 0.05) is 13.1 Å². The van der Waals surface area contributed by atoms with Crippen LogP contribution in [0, 0.1) is 0 Å². The van der Waals surface area contributed by atoms with Crippen LogP contribution in [0.1, 0.15) is 36.8 Å². The maximum atomic E-state index is 3.88. The minimum atomic E-state index is 0.853. The molecule has 0 aromatic heterocycles. The fourth-order valence-electron chi connectivity index (χ4n) is 1.79. The molecule has 0 radical (unpaired) electrons. The van der Waals surface area contributed by atoms with Gasteiger partial charge in [0.15, 0.2) is 0 Å². The average molecular weight is 201 g/mol. The van der Waals surface area contributed by atoms with Crippen LogP contribution in [0.15, 0.2) is 36.4 Å². The van der Waals surface area contributed by atoms with Crippen molar-refractivity contribution in [2.24, 2.45) is 0 Å². The monoisotopic (exact) mass is 201 g/mol. The van der Waals surface area contributed by atoms with Crippen molar-refractivity contribution in [3.05, 3.63) is 47.5 Å². The van der Waals surface area contributed by atoms with Gasteiger partial charge in [-0.05, 0) is 36.8 Å². The third-order valence-corrected chi connectivity index (χ3v) is 2.76. The molecule has 2 rings (SSSR count). The topological polar surface area (TPSA) is 12.0 Å². The first-order chi connectivity index (χ1) is 7.25. The lowest BCUT2D eigenvalue weighted by Gasteiger charge is -2.06. The summed E-state index contributed by atoms with van der Waals surface area (Å²) in [5.74, 6) is 0.853. The van der Waals surface area contributed by atoms with E-state index in [-0.39, 0.29) is 0 Å². The third kappa shape index (κ3) is 3.21. The molecule has 0 heterocycles. The summed E-state index contributed by atoms with van der Waals surface area (Å²) >= 11 is 0. The van der Waals surface area contributed by atoms with E-state index in [4.69, 9.17) is 0 Å². The van der Waals surface area contributed by atoms with Crippen molar-refractivity contribution in [3.8, 4) is 0 Å². The fourth-order valence-corrected chi connectivity index (χ4v) is 1.79. The van der Waals surface area contributed by atoms with Gasteiger partial charge in [-0.15, -0.1) is 0 Å². The molecule has 1 aliphatic rings. The lowest BCUT2D eigenvalue weighted by Crippen LogP contribution is -2.15. The van der Waals surface area contributed by atoms with Crippen molar-refractivity contribution >= 4 is 0 Å². The standard InChI is InChI=1S/C14H19N/c1-11(2)9-15-10-12-4-3-5-14(8-12)13-6-7-13/h3-5,8,13,15H,1,6-7,9-10H2,2H3. The zero-order valence-electron chi connectivity index (χ0n) is 9.42. The first-order valence-corrected chi connectivity index (χ1v) is 5.69. The van der Waals surface area contributed by atoms with Gasteiger partial charge in [-0.3, -0.25) is 0 Å². The van der Waals surface area contributed by atoms with Gasteiger partial charge >= 0.3 is 0 Å². The molecule has 0 unspecified atom stereocenters. The second-order valence-corrected chi connectivity index (χ2v) is 4.58. The molecule has 1 heteroatoms. The van der Waals surface area contributed by atoms with E-state index in [1.165, 1.54) is 29.5 Å². The van der Waals surface area contributed by atoms with Crippen LogP contribution in [-0.4, -0.2) is 6.54 Å². The molecule has 0 atom stereocenters. The Balaban J connectivity index is 1.90. The summed E-state index contributed by atoms with van der Waals surface area (Å²) in [6.07, 6.45) is 2.76. The summed E-state index contributed by atoms with van der Waals surface area (Å²) in [6.45, 7) is 7.79. The van der Waals surface area contributed by atoms with Crippen molar-refractivity contribution < 1.29 is 0 Å². The van der Waals surface area contributed by atoms with Crippen molar-refractivity contribution in [2.45, 2.75) is 32.2 Å². The highest BCUT2D eigenvalue weighted by molar-refractivity contribution is 5.29. The first kappa shape index (κ1) is 10.4. The van der Waals surface area contributed by atoms with Crippen LogP contribution in [0.3, 0.4) is 0 Å². The van der Waals surface area contributed by atoms with E-state index in [1.807, 2.05) is 6.92 Å². The Labute approximate surface area is 92.2 Å². The maximum Gasteiger partial charge on any atom is 0.0208 e. The van der Waals surface area contributed by atoms with Gasteiger partial charge in [-0.25, -0.2) is 0 Å². The highest BCUT2D eigenvalue weighted by atomic mass is 14.8. The summed E-state index contributed by atoms with van der Waals surface area (Å²) in [5, 5.41) is 3.39. The van der Waals surface area contributed by atoms with E-state index in [1.54, 1.807) is 0 Å². The smallest absolute Gasteiger partial charge is 0.0208 e. The second kappa shape index (κ2) is 4.63. The van der Waals surface area contributed by atoms with Gasteiger partial charge < -0.3 is 5.32 Å². The zero-order chi connectivity index (χ0) is 10.7. The molecule has 1 aliphatic carbocycles. The quantitative estimate of drug-likeness (QED) is 0.721. The van der Waals surface area contributed by atoms with Crippen molar-refractivity contribution in [3.63, 3.8) is 0 Å². The molecule has 1 nitrogen and oxygen atoms in total. The van der Waals surface area contributed by atoms with E-state index in [0.717, 1.165) is 19.0 Å². The van der Waals surface area contributed by atoms with Crippen LogP contribution >= 0.6 is 0 Å². The van der Waals surface area contributed by atoms with Crippen LogP contribution in [0.5, 0.6) is 0 Å². The molecule has 0 bridgehead atoms. The Bertz CT molecular complexity index is 350. The van der Waals surface area contributed by atoms with E-state index in [9.17, 15) is 0 Å². The molecule has 1 N–H and O–H groups in total. The molecule has 80 valence electrons. The lowest BCUT2D eigenvalue weighted by atomic mass is 10.1. The van der Waals surface area contributed by atoms with Crippen molar-refractivity contribution in [1.29, 1.82) is 0 Å². The van der Waals surface area contributed by atoms with Gasteiger partial charge in [0.05, 0.1) is 0 Å². The Morgan fingerprint density at radius 3 is 2.93 bits per heavy atom. The normalized spacial score (nSPS) is 15.3. The first-order valence-electron chi connectivity index (χ1n) is 5.69. The van der Waals surface area contributed by atoms with E-state index >= 15 is 0 Å². The number of benzene rings is 1. The summed E-state index contributed by atoms with van der Waals surface area (Å²) in [6, 6.07) is 8.95. The van der Waals surface area contributed by atoms with Crippen LogP contribution in [-0.2, 0) is 6.54 Å². The molecule has 0 aliphatic heterocycles. The van der Waals surface area contributed by atoms with Crippen LogP contribution < -0.4 is 5.32 Å². The predicted octanol–water partition coefficient (Wildman–Crippen LogP) is 3.23. The molecular formula is C14H19N. The number of rotatable bonds is 5. The predicted molar refractivity (Wildman–Crippen MR) is 64.9 cm³/mol. The second-order valence-electron chi connectivity index (χ2n) is 4.58. The van der Waals surface area contributed by atoms with E-state index < -0.39 is 0 Å². The van der Waals surface area contributed by atoms with Gasteiger partial charge in [-0.2, -0.15) is 0 Å². The minimum absolute atomic E-state index is 0.853. The summed E-state index contributed by atoms with van der Waals surface area (Å²) in [7, 11) is 0. The van der Waals surface area contributed by atoms with E-state index in [2.05, 4.69) is 36.2 Å². The number of hydrogen-bond acceptors (Lipinski definition) is 1. The van der Waals surface area contributed by atoms with Crippen molar-refractivity contribution in [2.75, 3.05) is 6.54 Å². The van der Waals surface area contributed by atoms with Crippen LogP contribution in [0.4, 0.5) is 0 Å². The zero-order valence-corrected chi connectivity index (χ0v) is 9.42. The van der Waals surface area contributed by atoms with Gasteiger partial charge in [0.2, 0.25) is 0 Å². The van der Waals surface area contributed by atoms with Crippen LogP contribution in [0.25, 0.3) is 0 Å². The minimum Gasteiger partial charge on any atom is -0.309 e. The molecule has 0 spiro atoms. The molecule has 1 saturated carbocycles. The average Bonchev–Trinajstić information content (AvgIpc) is 3.01. The molecule has 1 fully saturated rings. The molecule has 15 heavy (non-hydrogen) atoms. The molecular weight excluding hydrogens is 182 g/mol. The Kier molecular flexibility index (Phi) is 3.22. The number of nitrogens with one attached hydrogen (secondary N) is 1. The van der Waals surface area contributed by atoms with Gasteiger partial charge in [0.25, 0.3) is 0 Å². The Morgan fingerprint density at radius 2 is 2.27 bits per heavy atom. The molecule has 1 aromatic carbocycles. The molecule has 0 amide bonds. The van der Waals surface area contributed by atoms with Gasteiger partial charge in [0.1, 0.15) is 0 Å². The van der Waals surface area contributed by atoms with Crippen molar-refractivity contribution in [1.82, 2.24) is 5.32 Å².